The van der Waals surface area contributed by atoms with Gasteiger partial charge in [-0.3, -0.25) is 0 Å². The third-order valence-electron chi connectivity index (χ3n) is 4.08. The molecule has 0 amide bonds. The summed E-state index contributed by atoms with van der Waals surface area (Å²) in [5.41, 5.74) is 1.54. The van der Waals surface area contributed by atoms with E-state index in [-0.39, 0.29) is 0 Å². The van der Waals surface area contributed by atoms with Crippen molar-refractivity contribution in [3.63, 3.8) is 0 Å². The molecular formula is C13H26OSi. The number of hydrogen-bond acceptors (Lipinski definition) is 1. The molecule has 15 heavy (non-hydrogen) atoms. The minimum Gasteiger partial charge on any atom is -0.416 e. The summed E-state index contributed by atoms with van der Waals surface area (Å²) in [6.07, 6.45) is 4.90. The van der Waals surface area contributed by atoms with E-state index < -0.39 is 8.32 Å². The second kappa shape index (κ2) is 4.42. The van der Waals surface area contributed by atoms with E-state index in [1.54, 1.807) is 0 Å². The van der Waals surface area contributed by atoms with Crippen molar-refractivity contribution in [2.24, 2.45) is 5.92 Å². The van der Waals surface area contributed by atoms with Crippen molar-refractivity contribution in [1.82, 2.24) is 0 Å². The van der Waals surface area contributed by atoms with Gasteiger partial charge in [0, 0.05) is 12.5 Å². The highest BCUT2D eigenvalue weighted by molar-refractivity contribution is 6.74. The molecule has 1 rings (SSSR count). The van der Waals surface area contributed by atoms with Gasteiger partial charge in [-0.2, -0.15) is 0 Å². The molecule has 0 heterocycles. The monoisotopic (exact) mass is 226 g/mol. The molecule has 1 atom stereocenters. The Kier molecular flexibility index (Phi) is 3.83. The molecule has 2 heteroatoms. The average molecular weight is 226 g/mol. The van der Waals surface area contributed by atoms with Gasteiger partial charge in [0.1, 0.15) is 0 Å². The summed E-state index contributed by atoms with van der Waals surface area (Å²) >= 11 is 0. The first-order valence-corrected chi connectivity index (χ1v) is 8.95. The summed E-state index contributed by atoms with van der Waals surface area (Å²) in [6, 6.07) is 0. The molecule has 0 bridgehead atoms. The van der Waals surface area contributed by atoms with Crippen LogP contribution < -0.4 is 0 Å². The molecule has 1 nitrogen and oxygen atoms in total. The second-order valence-electron chi connectivity index (χ2n) is 6.29. The largest absolute Gasteiger partial charge is 0.416 e. The molecule has 0 aromatic carbocycles. The molecule has 0 aromatic heterocycles. The van der Waals surface area contributed by atoms with Crippen LogP contribution in [0, 0.1) is 5.92 Å². The van der Waals surface area contributed by atoms with Gasteiger partial charge in [-0.25, -0.2) is 0 Å². The molecular weight excluding hydrogens is 200 g/mol. The SMILES string of the molecule is CC1=CCCC1CO[Si](C)(C)C(C)(C)C. The van der Waals surface area contributed by atoms with Gasteiger partial charge in [0.15, 0.2) is 8.32 Å². The molecule has 0 radical (unpaired) electrons. The molecule has 0 saturated carbocycles. The zero-order chi connectivity index (χ0) is 11.7. The highest BCUT2D eigenvalue weighted by Crippen LogP contribution is 2.37. The van der Waals surface area contributed by atoms with Crippen LogP contribution in [0.1, 0.15) is 40.5 Å². The lowest BCUT2D eigenvalue weighted by Gasteiger charge is -2.37. The summed E-state index contributed by atoms with van der Waals surface area (Å²) in [5, 5.41) is 0.337. The van der Waals surface area contributed by atoms with E-state index in [0.717, 1.165) is 6.61 Å². The first kappa shape index (κ1) is 13.0. The number of hydrogen-bond donors (Lipinski definition) is 0. The van der Waals surface area contributed by atoms with Crippen molar-refractivity contribution in [3.05, 3.63) is 11.6 Å². The Bertz CT molecular complexity index is 248. The maximum atomic E-state index is 6.25. The number of allylic oxidation sites excluding steroid dienone is 1. The lowest BCUT2D eigenvalue weighted by Crippen LogP contribution is -2.41. The van der Waals surface area contributed by atoms with Crippen molar-refractivity contribution >= 4 is 8.32 Å². The minimum atomic E-state index is -1.53. The maximum Gasteiger partial charge on any atom is 0.192 e. The van der Waals surface area contributed by atoms with Gasteiger partial charge in [0.05, 0.1) is 0 Å². The van der Waals surface area contributed by atoms with Crippen molar-refractivity contribution < 1.29 is 4.43 Å². The van der Waals surface area contributed by atoms with E-state index in [4.69, 9.17) is 4.43 Å². The molecule has 1 aliphatic carbocycles. The molecule has 0 spiro atoms. The van der Waals surface area contributed by atoms with Crippen molar-refractivity contribution in [2.45, 2.75) is 58.7 Å². The van der Waals surface area contributed by atoms with E-state index in [0.29, 0.717) is 11.0 Å². The third kappa shape index (κ3) is 3.18. The Morgan fingerprint density at radius 3 is 2.40 bits per heavy atom. The predicted molar refractivity (Wildman–Crippen MR) is 69.6 cm³/mol. The molecule has 0 aromatic rings. The van der Waals surface area contributed by atoms with E-state index in [1.165, 1.54) is 18.4 Å². The Labute approximate surface area is 96.0 Å². The lowest BCUT2D eigenvalue weighted by atomic mass is 10.1. The Morgan fingerprint density at radius 1 is 1.40 bits per heavy atom. The average Bonchev–Trinajstić information content (AvgIpc) is 2.46. The van der Waals surface area contributed by atoms with E-state index in [2.05, 4.69) is 46.9 Å². The van der Waals surface area contributed by atoms with Gasteiger partial charge in [-0.15, -0.1) is 0 Å². The molecule has 0 N–H and O–H groups in total. The highest BCUT2D eigenvalue weighted by Gasteiger charge is 2.37. The van der Waals surface area contributed by atoms with Crippen LogP contribution >= 0.6 is 0 Å². The summed E-state index contributed by atoms with van der Waals surface area (Å²) < 4.78 is 6.25. The molecule has 0 saturated heterocycles. The van der Waals surface area contributed by atoms with Gasteiger partial charge < -0.3 is 4.43 Å². The molecule has 1 unspecified atom stereocenters. The normalized spacial score (nSPS) is 23.1. The van der Waals surface area contributed by atoms with Gasteiger partial charge in [0.25, 0.3) is 0 Å². The molecule has 0 fully saturated rings. The predicted octanol–water partition coefficient (Wildman–Crippen LogP) is 4.36. The fraction of sp³-hybridized carbons (Fsp3) is 0.846. The Balaban J connectivity index is 2.46. The van der Waals surface area contributed by atoms with Gasteiger partial charge in [-0.05, 0) is 37.9 Å². The maximum absolute atomic E-state index is 6.25. The molecule has 1 aliphatic rings. The van der Waals surface area contributed by atoms with E-state index in [1.807, 2.05) is 0 Å². The van der Waals surface area contributed by atoms with Crippen molar-refractivity contribution in [3.8, 4) is 0 Å². The van der Waals surface area contributed by atoms with Crippen molar-refractivity contribution in [1.29, 1.82) is 0 Å². The summed E-state index contributed by atoms with van der Waals surface area (Å²) in [6.45, 7) is 14.8. The quantitative estimate of drug-likeness (QED) is 0.513. The second-order valence-corrected chi connectivity index (χ2v) is 11.1. The van der Waals surface area contributed by atoms with Crippen LogP contribution in [0.3, 0.4) is 0 Å². The molecule has 0 aliphatic heterocycles. The van der Waals surface area contributed by atoms with Crippen LogP contribution in [0.25, 0.3) is 0 Å². The van der Waals surface area contributed by atoms with Crippen LogP contribution in [0.4, 0.5) is 0 Å². The lowest BCUT2D eigenvalue weighted by molar-refractivity contribution is 0.245. The van der Waals surface area contributed by atoms with Crippen molar-refractivity contribution in [2.75, 3.05) is 6.61 Å². The fourth-order valence-electron chi connectivity index (χ4n) is 1.65. The van der Waals surface area contributed by atoms with Gasteiger partial charge in [0.2, 0.25) is 0 Å². The number of rotatable bonds is 3. The van der Waals surface area contributed by atoms with Gasteiger partial charge >= 0.3 is 0 Å². The Morgan fingerprint density at radius 2 is 2.00 bits per heavy atom. The first-order valence-electron chi connectivity index (χ1n) is 6.04. The topological polar surface area (TPSA) is 9.23 Å². The third-order valence-corrected chi connectivity index (χ3v) is 8.58. The Hall–Kier alpha value is -0.0831. The summed E-state index contributed by atoms with van der Waals surface area (Å²) in [5.74, 6) is 0.694. The van der Waals surface area contributed by atoms with E-state index >= 15 is 0 Å². The summed E-state index contributed by atoms with van der Waals surface area (Å²) in [7, 11) is -1.53. The standard InChI is InChI=1S/C13H26OSi/c1-11-8-7-9-12(11)10-14-15(5,6)13(2,3)4/h8,12H,7,9-10H2,1-6H3. The summed E-state index contributed by atoms with van der Waals surface area (Å²) in [4.78, 5) is 0. The van der Waals surface area contributed by atoms with Crippen LogP contribution in [-0.4, -0.2) is 14.9 Å². The fourth-order valence-corrected chi connectivity index (χ4v) is 2.70. The van der Waals surface area contributed by atoms with Crippen LogP contribution in [0.5, 0.6) is 0 Å². The molecule has 88 valence electrons. The van der Waals surface area contributed by atoms with Crippen LogP contribution in [0.15, 0.2) is 11.6 Å². The van der Waals surface area contributed by atoms with E-state index in [9.17, 15) is 0 Å². The van der Waals surface area contributed by atoms with Gasteiger partial charge in [-0.1, -0.05) is 32.4 Å². The zero-order valence-electron chi connectivity index (χ0n) is 11.2. The highest BCUT2D eigenvalue weighted by atomic mass is 28.4. The smallest absolute Gasteiger partial charge is 0.192 e. The van der Waals surface area contributed by atoms with Crippen LogP contribution in [-0.2, 0) is 4.43 Å². The minimum absolute atomic E-state index is 0.337. The first-order chi connectivity index (χ1) is 6.74. The zero-order valence-corrected chi connectivity index (χ0v) is 12.2. The van der Waals surface area contributed by atoms with Crippen LogP contribution in [0.2, 0.25) is 18.1 Å².